The summed E-state index contributed by atoms with van der Waals surface area (Å²) in [5, 5.41) is 24.5. The Bertz CT molecular complexity index is 734. The highest BCUT2D eigenvalue weighted by Crippen LogP contribution is 2.32. The van der Waals surface area contributed by atoms with E-state index in [0.29, 0.717) is 5.13 Å². The molecule has 1 aromatic carbocycles. The maximum Gasteiger partial charge on any atom is 0.188 e. The van der Waals surface area contributed by atoms with E-state index < -0.39 is 0 Å². The third-order valence-corrected chi connectivity index (χ3v) is 3.43. The molecule has 108 valence electrons. The van der Waals surface area contributed by atoms with Gasteiger partial charge in [-0.25, -0.2) is 9.97 Å². The first-order valence-corrected chi connectivity index (χ1v) is 6.76. The van der Waals surface area contributed by atoms with E-state index in [0.717, 1.165) is 17.1 Å². The van der Waals surface area contributed by atoms with E-state index >= 15 is 0 Å². The number of rotatable bonds is 3. The topological polar surface area (TPSA) is 78.3 Å². The van der Waals surface area contributed by atoms with Crippen LogP contribution in [0, 0.1) is 0 Å². The van der Waals surface area contributed by atoms with Gasteiger partial charge in [0, 0.05) is 17.1 Å². The fourth-order valence-electron chi connectivity index (χ4n) is 1.69. The van der Waals surface area contributed by atoms with Gasteiger partial charge in [0.1, 0.15) is 5.82 Å². The number of hydrogen-bond acceptors (Lipinski definition) is 6. The Morgan fingerprint density at radius 1 is 1.05 bits per heavy atom. The maximum atomic E-state index is 9.50. The fourth-order valence-corrected chi connectivity index (χ4v) is 2.42. The molecule has 3 N–H and O–H groups in total. The summed E-state index contributed by atoms with van der Waals surface area (Å²) in [6.07, 6.45) is 1.70. The van der Waals surface area contributed by atoms with Crippen molar-refractivity contribution >= 4 is 34.7 Å². The van der Waals surface area contributed by atoms with Gasteiger partial charge in [-0.2, -0.15) is 0 Å². The summed E-state index contributed by atoms with van der Waals surface area (Å²) in [6, 6.07) is 10.2. The molecule has 0 saturated heterocycles. The molecule has 0 amide bonds. The number of phenolic OH excluding ortho intramolecular Hbond substituents is 2. The van der Waals surface area contributed by atoms with Crippen molar-refractivity contribution in [3.63, 3.8) is 0 Å². The van der Waals surface area contributed by atoms with Crippen LogP contribution in [0.25, 0.3) is 11.3 Å². The molecule has 0 fully saturated rings. The van der Waals surface area contributed by atoms with Gasteiger partial charge in [0.05, 0.1) is 5.69 Å². The summed E-state index contributed by atoms with van der Waals surface area (Å²) in [7, 11) is 0. The number of aromatic hydroxyl groups is 2. The number of benzene rings is 1. The van der Waals surface area contributed by atoms with Crippen LogP contribution in [0.1, 0.15) is 0 Å². The van der Waals surface area contributed by atoms with Gasteiger partial charge in [-0.15, -0.1) is 23.7 Å². The molecule has 0 spiro atoms. The highest BCUT2D eigenvalue weighted by Gasteiger charge is 2.07. The van der Waals surface area contributed by atoms with Crippen molar-refractivity contribution in [1.82, 2.24) is 9.97 Å². The first-order valence-electron chi connectivity index (χ1n) is 5.88. The van der Waals surface area contributed by atoms with E-state index in [2.05, 4.69) is 15.3 Å². The second-order valence-electron chi connectivity index (χ2n) is 4.08. The van der Waals surface area contributed by atoms with E-state index in [-0.39, 0.29) is 23.9 Å². The number of pyridine rings is 1. The Balaban J connectivity index is 0.00000161. The van der Waals surface area contributed by atoms with Crippen molar-refractivity contribution < 1.29 is 10.2 Å². The van der Waals surface area contributed by atoms with Crippen LogP contribution in [-0.4, -0.2) is 20.2 Å². The smallest absolute Gasteiger partial charge is 0.188 e. The predicted molar refractivity (Wildman–Crippen MR) is 85.6 cm³/mol. The molecule has 0 unspecified atom stereocenters. The average molecular weight is 322 g/mol. The van der Waals surface area contributed by atoms with Gasteiger partial charge in [0.2, 0.25) is 0 Å². The molecule has 3 rings (SSSR count). The number of nitrogens with one attached hydrogen (secondary N) is 1. The highest BCUT2D eigenvalue weighted by molar-refractivity contribution is 7.14. The van der Waals surface area contributed by atoms with Gasteiger partial charge in [0.15, 0.2) is 16.6 Å². The molecule has 0 radical (unpaired) electrons. The highest BCUT2D eigenvalue weighted by atomic mass is 35.5. The molecule has 0 atom stereocenters. The monoisotopic (exact) mass is 321 g/mol. The lowest BCUT2D eigenvalue weighted by Gasteiger charge is -2.01. The molecule has 5 nitrogen and oxygen atoms in total. The van der Waals surface area contributed by atoms with Crippen LogP contribution >= 0.6 is 23.7 Å². The van der Waals surface area contributed by atoms with E-state index in [9.17, 15) is 10.2 Å². The van der Waals surface area contributed by atoms with E-state index in [1.165, 1.54) is 23.5 Å². The van der Waals surface area contributed by atoms with Crippen LogP contribution in [0.15, 0.2) is 48.0 Å². The third-order valence-electron chi connectivity index (χ3n) is 2.68. The summed E-state index contributed by atoms with van der Waals surface area (Å²) in [4.78, 5) is 8.59. The first-order chi connectivity index (χ1) is 9.72. The summed E-state index contributed by atoms with van der Waals surface area (Å²) in [5.41, 5.74) is 1.47. The zero-order valence-corrected chi connectivity index (χ0v) is 12.4. The van der Waals surface area contributed by atoms with E-state index in [4.69, 9.17) is 0 Å². The van der Waals surface area contributed by atoms with Crippen LogP contribution in [0.3, 0.4) is 0 Å². The Labute approximate surface area is 131 Å². The molecule has 0 saturated carbocycles. The molecule has 0 aliphatic rings. The predicted octanol–water partition coefficient (Wildman–Crippen LogP) is 3.78. The summed E-state index contributed by atoms with van der Waals surface area (Å²) in [6.45, 7) is 0. The minimum Gasteiger partial charge on any atom is -0.504 e. The lowest BCUT2D eigenvalue weighted by molar-refractivity contribution is 0.404. The van der Waals surface area contributed by atoms with Crippen molar-refractivity contribution in [2.75, 3.05) is 5.32 Å². The Kier molecular flexibility index (Phi) is 4.62. The van der Waals surface area contributed by atoms with Crippen molar-refractivity contribution in [1.29, 1.82) is 0 Å². The van der Waals surface area contributed by atoms with Crippen LogP contribution in [0.5, 0.6) is 11.5 Å². The van der Waals surface area contributed by atoms with Gasteiger partial charge in [-0.1, -0.05) is 6.07 Å². The van der Waals surface area contributed by atoms with Crippen molar-refractivity contribution in [3.05, 3.63) is 48.0 Å². The van der Waals surface area contributed by atoms with E-state index in [1.54, 1.807) is 12.3 Å². The molecular formula is C14H12ClN3O2S. The first kappa shape index (κ1) is 15.1. The molecule has 0 aliphatic carbocycles. The molecule has 3 aromatic rings. The maximum absolute atomic E-state index is 9.50. The molecule has 7 heteroatoms. The Morgan fingerprint density at radius 3 is 2.62 bits per heavy atom. The van der Waals surface area contributed by atoms with Crippen LogP contribution in [0.4, 0.5) is 10.9 Å². The quantitative estimate of drug-likeness (QED) is 0.640. The van der Waals surface area contributed by atoms with Crippen molar-refractivity contribution in [2.45, 2.75) is 0 Å². The second-order valence-corrected chi connectivity index (χ2v) is 4.94. The number of halogens is 1. The minimum atomic E-state index is -0.158. The molecule has 0 aliphatic heterocycles. The Hall–Kier alpha value is -2.31. The van der Waals surface area contributed by atoms with E-state index in [1.807, 2.05) is 23.6 Å². The lowest BCUT2D eigenvalue weighted by Crippen LogP contribution is -1.91. The number of anilines is 2. The normalized spacial score (nSPS) is 9.90. The van der Waals surface area contributed by atoms with Crippen molar-refractivity contribution in [3.8, 4) is 22.8 Å². The Morgan fingerprint density at radius 2 is 1.90 bits per heavy atom. The van der Waals surface area contributed by atoms with Crippen LogP contribution in [0.2, 0.25) is 0 Å². The number of nitrogens with zero attached hydrogens (tertiary/aromatic N) is 2. The van der Waals surface area contributed by atoms with Gasteiger partial charge >= 0.3 is 0 Å². The fraction of sp³-hybridized carbons (Fsp3) is 0. The summed E-state index contributed by atoms with van der Waals surface area (Å²) in [5.74, 6) is 0.424. The van der Waals surface area contributed by atoms with Gasteiger partial charge in [0.25, 0.3) is 0 Å². The molecule has 2 heterocycles. The summed E-state index contributed by atoms with van der Waals surface area (Å²) < 4.78 is 0. The van der Waals surface area contributed by atoms with Crippen LogP contribution < -0.4 is 5.32 Å². The minimum absolute atomic E-state index is 0. The standard InChI is InChI=1S/C14H11N3O2S.ClH/c18-11-5-4-9(7-12(11)19)10-8-20-14(16-10)17-13-3-1-2-6-15-13;/h1-8,18-19H,(H,15,16,17);1H. The van der Waals surface area contributed by atoms with Gasteiger partial charge in [-0.05, 0) is 30.3 Å². The molecule has 21 heavy (non-hydrogen) atoms. The molecular weight excluding hydrogens is 310 g/mol. The van der Waals surface area contributed by atoms with Crippen LogP contribution in [-0.2, 0) is 0 Å². The third kappa shape index (κ3) is 3.42. The zero-order chi connectivity index (χ0) is 13.9. The van der Waals surface area contributed by atoms with Crippen molar-refractivity contribution in [2.24, 2.45) is 0 Å². The van der Waals surface area contributed by atoms with Gasteiger partial charge in [-0.3, -0.25) is 0 Å². The zero-order valence-electron chi connectivity index (χ0n) is 10.7. The molecule has 2 aromatic heterocycles. The largest absolute Gasteiger partial charge is 0.504 e. The number of hydrogen-bond donors (Lipinski definition) is 3. The van der Waals surface area contributed by atoms with Gasteiger partial charge < -0.3 is 15.5 Å². The number of aromatic nitrogens is 2. The molecule has 0 bridgehead atoms. The average Bonchev–Trinajstić information content (AvgIpc) is 2.91. The lowest BCUT2D eigenvalue weighted by atomic mass is 10.1. The second kappa shape index (κ2) is 6.43. The number of phenols is 2. The number of thiazole rings is 1. The SMILES string of the molecule is Cl.Oc1ccc(-c2csc(Nc3ccccn3)n2)cc1O. The summed E-state index contributed by atoms with van der Waals surface area (Å²) >= 11 is 1.44.